The standard InChI is InChI=1S/C24H19F6N5O3/c1-2-38-22(37)6-4-3-5-21(36)35(20-12-18(24(28,29)30)10-8-16(20)14-32)34-33-19-11-17(23(25,26)27)9-7-15(19)13-31/h7-12H,2-6H2,1H3. The van der Waals surface area contributed by atoms with Gasteiger partial charge in [-0.15, -0.1) is 5.11 Å². The van der Waals surface area contributed by atoms with Crippen LogP contribution in [-0.2, 0) is 26.7 Å². The SMILES string of the molecule is CCOC(=O)CCCCC(=O)N(N=Nc1cc(C(F)(F)F)ccc1C#N)c1cc(C(F)(F)F)ccc1C#N. The highest BCUT2D eigenvalue weighted by Gasteiger charge is 2.33. The molecule has 200 valence electrons. The first kappa shape index (κ1) is 29.8. The maximum Gasteiger partial charge on any atom is 0.416 e. The first-order valence-electron chi connectivity index (χ1n) is 10.9. The Morgan fingerprint density at radius 2 is 1.45 bits per heavy atom. The predicted molar refractivity (Wildman–Crippen MR) is 119 cm³/mol. The van der Waals surface area contributed by atoms with Crippen LogP contribution in [0.4, 0.5) is 37.7 Å². The molecule has 0 aliphatic rings. The molecule has 2 aromatic carbocycles. The van der Waals surface area contributed by atoms with Gasteiger partial charge in [0.15, 0.2) is 0 Å². The van der Waals surface area contributed by atoms with Crippen LogP contribution in [-0.4, -0.2) is 18.5 Å². The lowest BCUT2D eigenvalue weighted by Gasteiger charge is -2.19. The molecule has 38 heavy (non-hydrogen) atoms. The Morgan fingerprint density at radius 3 is 2.00 bits per heavy atom. The second kappa shape index (κ2) is 12.7. The summed E-state index contributed by atoms with van der Waals surface area (Å²) >= 11 is 0. The number of carbonyl (C=O) groups excluding carboxylic acids is 2. The number of hydrogen-bond donors (Lipinski definition) is 0. The van der Waals surface area contributed by atoms with Crippen LogP contribution in [0.1, 0.15) is 54.9 Å². The minimum Gasteiger partial charge on any atom is -0.466 e. The van der Waals surface area contributed by atoms with Gasteiger partial charge in [0.25, 0.3) is 0 Å². The third kappa shape index (κ3) is 8.03. The number of esters is 1. The van der Waals surface area contributed by atoms with Crippen LogP contribution in [0.5, 0.6) is 0 Å². The van der Waals surface area contributed by atoms with Gasteiger partial charge in [0.05, 0.1) is 34.5 Å². The minimum absolute atomic E-state index is 0.0363. The van der Waals surface area contributed by atoms with Crippen LogP contribution in [0.25, 0.3) is 0 Å². The summed E-state index contributed by atoms with van der Waals surface area (Å²) in [4.78, 5) is 24.4. The minimum atomic E-state index is -4.86. The van der Waals surface area contributed by atoms with E-state index >= 15 is 0 Å². The highest BCUT2D eigenvalue weighted by Crippen LogP contribution is 2.36. The zero-order chi connectivity index (χ0) is 28.5. The van der Waals surface area contributed by atoms with Crippen molar-refractivity contribution in [2.45, 2.75) is 45.0 Å². The van der Waals surface area contributed by atoms with Crippen molar-refractivity contribution >= 4 is 23.3 Å². The lowest BCUT2D eigenvalue weighted by molar-refractivity contribution is -0.143. The van der Waals surface area contributed by atoms with E-state index in [-0.39, 0.29) is 37.9 Å². The molecule has 0 aromatic heterocycles. The Bertz CT molecular complexity index is 1290. The molecule has 2 aromatic rings. The molecule has 0 saturated carbocycles. The van der Waals surface area contributed by atoms with Crippen LogP contribution in [0.3, 0.4) is 0 Å². The van der Waals surface area contributed by atoms with Crippen molar-refractivity contribution < 1.29 is 40.7 Å². The Kier molecular flexibility index (Phi) is 9.93. The third-order valence-corrected chi connectivity index (χ3v) is 4.92. The van der Waals surface area contributed by atoms with Crippen LogP contribution in [0.15, 0.2) is 46.7 Å². The van der Waals surface area contributed by atoms with E-state index in [2.05, 4.69) is 10.3 Å². The summed E-state index contributed by atoms with van der Waals surface area (Å²) in [5.74, 6) is -1.48. The van der Waals surface area contributed by atoms with Gasteiger partial charge in [-0.2, -0.15) is 41.9 Å². The van der Waals surface area contributed by atoms with E-state index in [1.165, 1.54) is 0 Å². The zero-order valence-corrected chi connectivity index (χ0v) is 19.7. The normalized spacial score (nSPS) is 11.6. The van der Waals surface area contributed by atoms with E-state index < -0.39 is 52.3 Å². The Morgan fingerprint density at radius 1 is 0.895 bits per heavy atom. The number of nitrogens with zero attached hydrogens (tertiary/aromatic N) is 5. The average molecular weight is 539 g/mol. The summed E-state index contributed by atoms with van der Waals surface area (Å²) in [6.07, 6.45) is -9.82. The number of nitriles is 2. The summed E-state index contributed by atoms with van der Waals surface area (Å²) in [5, 5.41) is 26.1. The van der Waals surface area contributed by atoms with E-state index in [0.717, 1.165) is 12.1 Å². The number of halogens is 6. The van der Waals surface area contributed by atoms with Gasteiger partial charge in [0.1, 0.15) is 17.8 Å². The van der Waals surface area contributed by atoms with Gasteiger partial charge in [0, 0.05) is 12.8 Å². The molecule has 0 aliphatic carbocycles. The lowest BCUT2D eigenvalue weighted by Crippen LogP contribution is -2.26. The first-order valence-corrected chi connectivity index (χ1v) is 10.9. The number of ether oxygens (including phenoxy) is 1. The Labute approximate surface area is 212 Å². The van der Waals surface area contributed by atoms with Crippen molar-refractivity contribution in [2.75, 3.05) is 11.6 Å². The maximum atomic E-state index is 13.3. The number of amides is 1. The van der Waals surface area contributed by atoms with Gasteiger partial charge in [-0.05, 0) is 56.2 Å². The van der Waals surface area contributed by atoms with Gasteiger partial charge in [-0.25, -0.2) is 0 Å². The van der Waals surface area contributed by atoms with Crippen molar-refractivity contribution in [3.63, 3.8) is 0 Å². The molecule has 8 nitrogen and oxygen atoms in total. The average Bonchev–Trinajstić information content (AvgIpc) is 2.85. The number of rotatable bonds is 9. The van der Waals surface area contributed by atoms with Crippen LogP contribution in [0.2, 0.25) is 0 Å². The van der Waals surface area contributed by atoms with E-state index in [4.69, 9.17) is 4.74 Å². The molecular formula is C24H19F6N5O3. The van der Waals surface area contributed by atoms with Gasteiger partial charge < -0.3 is 4.74 Å². The van der Waals surface area contributed by atoms with Gasteiger partial charge in [0.2, 0.25) is 5.91 Å². The fourth-order valence-corrected chi connectivity index (χ4v) is 3.07. The van der Waals surface area contributed by atoms with Gasteiger partial charge >= 0.3 is 18.3 Å². The fourth-order valence-electron chi connectivity index (χ4n) is 3.07. The first-order chi connectivity index (χ1) is 17.8. The second-order valence-electron chi connectivity index (χ2n) is 7.59. The monoisotopic (exact) mass is 539 g/mol. The largest absolute Gasteiger partial charge is 0.466 e. The predicted octanol–water partition coefficient (Wildman–Crippen LogP) is 6.62. The molecule has 0 fully saturated rings. The molecule has 0 bridgehead atoms. The van der Waals surface area contributed by atoms with E-state index in [1.807, 2.05) is 0 Å². The molecule has 0 radical (unpaired) electrons. The quantitative estimate of drug-likeness (QED) is 0.117. The van der Waals surface area contributed by atoms with Crippen LogP contribution in [0, 0.1) is 22.7 Å². The van der Waals surface area contributed by atoms with Gasteiger partial charge in [-0.3, -0.25) is 9.59 Å². The molecule has 2 rings (SSSR count). The van der Waals surface area contributed by atoms with Crippen molar-refractivity contribution in [1.29, 1.82) is 10.5 Å². The van der Waals surface area contributed by atoms with Crippen molar-refractivity contribution in [2.24, 2.45) is 10.3 Å². The molecule has 14 heteroatoms. The number of alkyl halides is 6. The molecule has 0 saturated heterocycles. The summed E-state index contributed by atoms with van der Waals surface area (Å²) in [7, 11) is 0. The van der Waals surface area contributed by atoms with E-state index in [0.29, 0.717) is 29.3 Å². The highest BCUT2D eigenvalue weighted by molar-refractivity contribution is 5.94. The van der Waals surface area contributed by atoms with Crippen molar-refractivity contribution in [3.8, 4) is 12.1 Å². The maximum absolute atomic E-state index is 13.3. The molecule has 0 heterocycles. The number of anilines is 1. The molecule has 0 spiro atoms. The summed E-state index contributed by atoms with van der Waals surface area (Å²) in [6, 6.07) is 7.08. The lowest BCUT2D eigenvalue weighted by atomic mass is 10.1. The number of benzene rings is 2. The van der Waals surface area contributed by atoms with Crippen molar-refractivity contribution in [3.05, 3.63) is 58.7 Å². The molecule has 0 unspecified atom stereocenters. The number of unbranched alkanes of at least 4 members (excludes halogenated alkanes) is 1. The third-order valence-electron chi connectivity index (χ3n) is 4.92. The molecule has 1 amide bonds. The zero-order valence-electron chi connectivity index (χ0n) is 19.7. The van der Waals surface area contributed by atoms with Crippen LogP contribution >= 0.6 is 0 Å². The summed E-state index contributed by atoms with van der Waals surface area (Å²) in [5.41, 5.74) is -4.38. The van der Waals surface area contributed by atoms with Gasteiger partial charge in [-0.1, -0.05) is 5.22 Å². The smallest absolute Gasteiger partial charge is 0.416 e. The highest BCUT2D eigenvalue weighted by atomic mass is 19.4. The van der Waals surface area contributed by atoms with E-state index in [9.17, 15) is 46.5 Å². The molecule has 0 aliphatic heterocycles. The van der Waals surface area contributed by atoms with E-state index in [1.54, 1.807) is 19.1 Å². The Balaban J connectivity index is 2.51. The molecule has 0 atom stereocenters. The molecule has 0 N–H and O–H groups in total. The summed E-state index contributed by atoms with van der Waals surface area (Å²) < 4.78 is 84.2. The number of carbonyl (C=O) groups is 2. The molecular weight excluding hydrogens is 520 g/mol. The van der Waals surface area contributed by atoms with Crippen LogP contribution < -0.4 is 5.01 Å². The topological polar surface area (TPSA) is 119 Å². The Hall–Kier alpha value is -4.46. The second-order valence-corrected chi connectivity index (χ2v) is 7.59. The van der Waals surface area contributed by atoms with Crippen molar-refractivity contribution in [1.82, 2.24) is 0 Å². The number of hydrogen-bond acceptors (Lipinski definition) is 7. The fraction of sp³-hybridized carbons (Fsp3) is 0.333. The summed E-state index contributed by atoms with van der Waals surface area (Å²) in [6.45, 7) is 1.76.